The smallest absolute Gasteiger partial charge is 0.164 e. The second kappa shape index (κ2) is 15.9. The summed E-state index contributed by atoms with van der Waals surface area (Å²) in [5, 5.41) is 4.72. The summed E-state index contributed by atoms with van der Waals surface area (Å²) in [6.45, 7) is 0. The van der Waals surface area contributed by atoms with Gasteiger partial charge in [-0.1, -0.05) is 200 Å². The Balaban J connectivity index is 1.05. The van der Waals surface area contributed by atoms with Crippen LogP contribution in [0.5, 0.6) is 0 Å². The van der Waals surface area contributed by atoms with E-state index in [0.29, 0.717) is 34.9 Å². The second-order valence-corrected chi connectivity index (χ2v) is 15.1. The lowest BCUT2D eigenvalue weighted by Gasteiger charge is -2.15. The Bertz CT molecular complexity index is 3330. The molecule has 0 aliphatic rings. The number of benzene rings is 9. The first-order chi connectivity index (χ1) is 30.7. The van der Waals surface area contributed by atoms with Gasteiger partial charge in [-0.25, -0.2) is 29.9 Å². The molecule has 0 fully saturated rings. The first-order valence-corrected chi connectivity index (χ1v) is 20.6. The van der Waals surface area contributed by atoms with Crippen molar-refractivity contribution < 1.29 is 0 Å². The Labute approximate surface area is 359 Å². The van der Waals surface area contributed by atoms with Crippen molar-refractivity contribution in [1.82, 2.24) is 29.9 Å². The van der Waals surface area contributed by atoms with Gasteiger partial charge in [0.05, 0.1) is 0 Å². The average molecular weight is 793 g/mol. The highest BCUT2D eigenvalue weighted by Crippen LogP contribution is 2.38. The Kier molecular flexibility index (Phi) is 9.41. The van der Waals surface area contributed by atoms with Gasteiger partial charge in [0.2, 0.25) is 0 Å². The molecule has 0 atom stereocenters. The molecule has 2 aromatic heterocycles. The van der Waals surface area contributed by atoms with E-state index in [2.05, 4.69) is 121 Å². The quantitative estimate of drug-likeness (QED) is 0.143. The van der Waals surface area contributed by atoms with E-state index in [1.807, 2.05) is 97.1 Å². The molecule has 0 aliphatic heterocycles. The van der Waals surface area contributed by atoms with Crippen LogP contribution >= 0.6 is 0 Å². The Morgan fingerprint density at radius 3 is 1.11 bits per heavy atom. The highest BCUT2D eigenvalue weighted by molar-refractivity contribution is 6.08. The van der Waals surface area contributed by atoms with Crippen LogP contribution in [-0.4, -0.2) is 29.9 Å². The van der Waals surface area contributed by atoms with Crippen molar-refractivity contribution >= 4 is 21.5 Å². The largest absolute Gasteiger partial charge is 0.208 e. The third kappa shape index (κ3) is 7.16. The predicted octanol–water partition coefficient (Wildman–Crippen LogP) is 13.7. The fourth-order valence-corrected chi connectivity index (χ4v) is 8.05. The zero-order valence-corrected chi connectivity index (χ0v) is 33.5. The minimum Gasteiger partial charge on any atom is -0.208 e. The van der Waals surface area contributed by atoms with Crippen LogP contribution in [0.15, 0.2) is 218 Å². The van der Waals surface area contributed by atoms with Crippen LogP contribution in [-0.2, 0) is 0 Å². The number of hydrogen-bond acceptors (Lipinski definition) is 6. The van der Waals surface area contributed by atoms with Crippen molar-refractivity contribution in [2.24, 2.45) is 0 Å². The molecule has 2 heterocycles. The van der Waals surface area contributed by atoms with Crippen LogP contribution in [0.4, 0.5) is 0 Å². The monoisotopic (exact) mass is 792 g/mol. The minimum atomic E-state index is 0.594. The summed E-state index contributed by atoms with van der Waals surface area (Å²) in [5.74, 6) is 3.67. The summed E-state index contributed by atoms with van der Waals surface area (Å²) >= 11 is 0. The van der Waals surface area contributed by atoms with Gasteiger partial charge in [0.25, 0.3) is 0 Å². The van der Waals surface area contributed by atoms with Gasteiger partial charge in [-0.05, 0) is 62.0 Å². The van der Waals surface area contributed by atoms with Gasteiger partial charge in [-0.3, -0.25) is 0 Å². The molecule has 0 amide bonds. The van der Waals surface area contributed by atoms with E-state index in [1.165, 1.54) is 16.2 Å². The molecule has 290 valence electrons. The molecule has 0 aliphatic carbocycles. The SMILES string of the molecule is c1ccc(-c2nc(-c3ccccc3)nc(-c3cccc(-c4ccc(-c5nc(-c6ccccc6)nc(-c6ccc7ccc8ccccc8c7c6)n5)cc4-c4ccccc4)c3)n2)cc1. The molecule has 0 saturated carbocycles. The van der Waals surface area contributed by atoms with Crippen molar-refractivity contribution in [2.45, 2.75) is 0 Å². The second-order valence-electron chi connectivity index (χ2n) is 15.1. The maximum atomic E-state index is 5.20. The van der Waals surface area contributed by atoms with Crippen molar-refractivity contribution in [3.05, 3.63) is 218 Å². The molecule has 0 radical (unpaired) electrons. The van der Waals surface area contributed by atoms with E-state index < -0.39 is 0 Å². The summed E-state index contributed by atoms with van der Waals surface area (Å²) in [7, 11) is 0. The molecule has 0 saturated heterocycles. The first kappa shape index (κ1) is 36.6. The molecule has 62 heavy (non-hydrogen) atoms. The van der Waals surface area contributed by atoms with Crippen LogP contribution in [0, 0.1) is 0 Å². The Morgan fingerprint density at radius 2 is 0.565 bits per heavy atom. The molecular weight excluding hydrogens is 757 g/mol. The molecule has 9 aromatic carbocycles. The Hall–Kier alpha value is -8.48. The standard InChI is InChI=1S/C56H36N6/c1-5-16-37(17-6-1)49-36-46(56-61-53(42-23-11-4-12-24-42)60-55(62-56)45-31-30-39-29-28-38-18-13-14-27-47(38)50(39)35-45)32-33-48(49)43-25-15-26-44(34-43)54-58-51(40-19-7-2-8-20-40)57-52(59-54)41-21-9-3-10-22-41/h1-36H. The fourth-order valence-electron chi connectivity index (χ4n) is 8.05. The third-order valence-corrected chi connectivity index (χ3v) is 11.2. The molecule has 0 N–H and O–H groups in total. The molecule has 11 rings (SSSR count). The van der Waals surface area contributed by atoms with Gasteiger partial charge in [0, 0.05) is 33.4 Å². The summed E-state index contributed by atoms with van der Waals surface area (Å²) in [6, 6.07) is 74.9. The normalized spacial score (nSPS) is 11.2. The maximum Gasteiger partial charge on any atom is 0.164 e. The Morgan fingerprint density at radius 1 is 0.194 bits per heavy atom. The van der Waals surface area contributed by atoms with Gasteiger partial charge >= 0.3 is 0 Å². The molecule has 6 nitrogen and oxygen atoms in total. The van der Waals surface area contributed by atoms with E-state index in [4.69, 9.17) is 29.9 Å². The summed E-state index contributed by atoms with van der Waals surface area (Å²) < 4.78 is 0. The van der Waals surface area contributed by atoms with E-state index in [0.717, 1.165) is 61.0 Å². The molecule has 0 unspecified atom stereocenters. The van der Waals surface area contributed by atoms with Crippen LogP contribution in [0.25, 0.3) is 112 Å². The number of fused-ring (bicyclic) bond motifs is 3. The fraction of sp³-hybridized carbons (Fsp3) is 0. The highest BCUT2D eigenvalue weighted by atomic mass is 15.0. The van der Waals surface area contributed by atoms with Crippen molar-refractivity contribution in [3.8, 4) is 90.6 Å². The van der Waals surface area contributed by atoms with E-state index in [1.54, 1.807) is 0 Å². The zero-order chi connectivity index (χ0) is 41.2. The number of hydrogen-bond donors (Lipinski definition) is 0. The van der Waals surface area contributed by atoms with Gasteiger partial charge in [-0.2, -0.15) is 0 Å². The summed E-state index contributed by atoms with van der Waals surface area (Å²) in [5.41, 5.74) is 9.68. The van der Waals surface area contributed by atoms with Gasteiger partial charge in [-0.15, -0.1) is 0 Å². The van der Waals surface area contributed by atoms with Gasteiger partial charge < -0.3 is 0 Å². The first-order valence-electron chi connectivity index (χ1n) is 20.6. The van der Waals surface area contributed by atoms with E-state index in [9.17, 15) is 0 Å². The molecule has 0 spiro atoms. The summed E-state index contributed by atoms with van der Waals surface area (Å²) in [4.78, 5) is 30.4. The minimum absolute atomic E-state index is 0.594. The number of rotatable bonds is 8. The number of nitrogens with zero attached hydrogens (tertiary/aromatic N) is 6. The van der Waals surface area contributed by atoms with Crippen LogP contribution < -0.4 is 0 Å². The number of aromatic nitrogens is 6. The van der Waals surface area contributed by atoms with E-state index in [-0.39, 0.29) is 0 Å². The van der Waals surface area contributed by atoms with Crippen LogP contribution in [0.1, 0.15) is 0 Å². The predicted molar refractivity (Wildman–Crippen MR) is 252 cm³/mol. The maximum absolute atomic E-state index is 5.20. The van der Waals surface area contributed by atoms with Crippen molar-refractivity contribution in [1.29, 1.82) is 0 Å². The molecule has 0 bridgehead atoms. The van der Waals surface area contributed by atoms with Crippen molar-refractivity contribution in [2.75, 3.05) is 0 Å². The zero-order valence-electron chi connectivity index (χ0n) is 33.5. The molecule has 6 heteroatoms. The lowest BCUT2D eigenvalue weighted by Crippen LogP contribution is -2.01. The molecular formula is C56H36N6. The van der Waals surface area contributed by atoms with Gasteiger partial charge in [0.1, 0.15) is 0 Å². The summed E-state index contributed by atoms with van der Waals surface area (Å²) in [6.07, 6.45) is 0. The highest BCUT2D eigenvalue weighted by Gasteiger charge is 2.18. The van der Waals surface area contributed by atoms with E-state index >= 15 is 0 Å². The topological polar surface area (TPSA) is 77.3 Å². The van der Waals surface area contributed by atoms with Gasteiger partial charge in [0.15, 0.2) is 34.9 Å². The van der Waals surface area contributed by atoms with Crippen LogP contribution in [0.3, 0.4) is 0 Å². The average Bonchev–Trinajstić information content (AvgIpc) is 3.37. The van der Waals surface area contributed by atoms with Crippen LogP contribution in [0.2, 0.25) is 0 Å². The van der Waals surface area contributed by atoms with Crippen molar-refractivity contribution in [3.63, 3.8) is 0 Å². The third-order valence-electron chi connectivity index (χ3n) is 11.2. The lowest BCUT2D eigenvalue weighted by molar-refractivity contribution is 1.07. The molecule has 11 aromatic rings. The lowest BCUT2D eigenvalue weighted by atomic mass is 9.91.